The summed E-state index contributed by atoms with van der Waals surface area (Å²) in [6, 6.07) is 1.64. The van der Waals surface area contributed by atoms with Crippen LogP contribution in [0.25, 0.3) is 0 Å². The third kappa shape index (κ3) is 2.56. The molecule has 1 saturated carbocycles. The molecule has 1 heterocycles. The summed E-state index contributed by atoms with van der Waals surface area (Å²) in [5.74, 6) is 0.530. The molecule has 0 spiro atoms. The maximum Gasteiger partial charge on any atom is 0.289 e. The number of hydrogen-bond acceptors (Lipinski definition) is 4. The topological polar surface area (TPSA) is 68.1 Å². The molecule has 1 atom stereocenters. The highest BCUT2D eigenvalue weighted by molar-refractivity contribution is 6.33. The summed E-state index contributed by atoms with van der Waals surface area (Å²) < 4.78 is 0. The summed E-state index contributed by atoms with van der Waals surface area (Å²) >= 11 is 6.02. The van der Waals surface area contributed by atoms with Gasteiger partial charge in [-0.15, -0.1) is 0 Å². The number of pyridine rings is 1. The zero-order valence-electron chi connectivity index (χ0n) is 10.4. The van der Waals surface area contributed by atoms with E-state index in [1.165, 1.54) is 18.7 Å². The Kier molecular flexibility index (Phi) is 3.43. The first-order valence-electron chi connectivity index (χ1n) is 5.96. The highest BCUT2D eigenvalue weighted by Gasteiger charge is 2.34. The van der Waals surface area contributed by atoms with Crippen molar-refractivity contribution in [3.63, 3.8) is 0 Å². The van der Waals surface area contributed by atoms with Crippen LogP contribution in [0.1, 0.15) is 33.1 Å². The van der Waals surface area contributed by atoms with Crippen LogP contribution in [0.3, 0.4) is 0 Å². The second-order valence-electron chi connectivity index (χ2n) is 5.36. The summed E-state index contributed by atoms with van der Waals surface area (Å²) in [5, 5.41) is 14.2. The van der Waals surface area contributed by atoms with Crippen molar-refractivity contribution in [1.82, 2.24) is 4.98 Å². The number of rotatable bonds is 3. The maximum atomic E-state index is 10.6. The highest BCUT2D eigenvalue weighted by atomic mass is 35.5. The molecule has 1 aliphatic rings. The van der Waals surface area contributed by atoms with Crippen LogP contribution >= 0.6 is 11.6 Å². The fraction of sp³-hybridized carbons (Fsp3) is 0.583. The Hall–Kier alpha value is -1.36. The van der Waals surface area contributed by atoms with E-state index in [0.29, 0.717) is 16.9 Å². The predicted molar refractivity (Wildman–Crippen MR) is 70.9 cm³/mol. The Morgan fingerprint density at radius 1 is 1.61 bits per heavy atom. The molecule has 5 nitrogen and oxygen atoms in total. The molecule has 6 heteroatoms. The number of nitrogens with one attached hydrogen (secondary N) is 1. The van der Waals surface area contributed by atoms with Crippen molar-refractivity contribution in [1.29, 1.82) is 0 Å². The minimum Gasteiger partial charge on any atom is -0.366 e. The van der Waals surface area contributed by atoms with Crippen LogP contribution in [0, 0.1) is 15.5 Å². The van der Waals surface area contributed by atoms with Gasteiger partial charge in [0.25, 0.3) is 5.69 Å². The Balaban J connectivity index is 2.17. The van der Waals surface area contributed by atoms with Gasteiger partial charge in [0, 0.05) is 12.1 Å². The van der Waals surface area contributed by atoms with Gasteiger partial charge in [0.05, 0.1) is 9.95 Å². The van der Waals surface area contributed by atoms with Crippen molar-refractivity contribution >= 4 is 23.1 Å². The Morgan fingerprint density at radius 2 is 2.33 bits per heavy atom. The maximum absolute atomic E-state index is 10.6. The summed E-state index contributed by atoms with van der Waals surface area (Å²) in [6.07, 6.45) is 4.64. The average Bonchev–Trinajstić information content (AvgIpc) is 2.61. The summed E-state index contributed by atoms with van der Waals surface area (Å²) in [6.45, 7) is 4.41. The number of anilines is 1. The lowest BCUT2D eigenvalue weighted by Gasteiger charge is -2.28. The Morgan fingerprint density at radius 3 is 2.83 bits per heavy atom. The number of aromatic nitrogens is 1. The van der Waals surface area contributed by atoms with Crippen molar-refractivity contribution in [3.05, 3.63) is 27.4 Å². The lowest BCUT2D eigenvalue weighted by atomic mass is 9.87. The Labute approximate surface area is 111 Å². The van der Waals surface area contributed by atoms with Crippen LogP contribution < -0.4 is 5.32 Å². The molecule has 0 amide bonds. The molecule has 1 N–H and O–H groups in total. The predicted octanol–water partition coefficient (Wildman–Crippen LogP) is 3.63. The smallest absolute Gasteiger partial charge is 0.289 e. The van der Waals surface area contributed by atoms with E-state index in [1.54, 1.807) is 0 Å². The van der Waals surface area contributed by atoms with Crippen molar-refractivity contribution in [3.8, 4) is 0 Å². The normalized spacial score (nSPS) is 21.8. The van der Waals surface area contributed by atoms with Gasteiger partial charge in [-0.1, -0.05) is 31.9 Å². The standard InChI is InChI=1S/C12H16ClN3O2/c1-12(2)5-3-4-10(12)15-11-9(13)6-8(7-14-11)16(17)18/h6-7,10H,3-5H2,1-2H3,(H,14,15). The molecule has 0 bridgehead atoms. The van der Waals surface area contributed by atoms with Crippen LogP contribution in [0.4, 0.5) is 11.5 Å². The van der Waals surface area contributed by atoms with Crippen molar-refractivity contribution in [2.75, 3.05) is 5.32 Å². The molecule has 0 aromatic carbocycles. The number of halogens is 1. The number of hydrogen-bond donors (Lipinski definition) is 1. The van der Waals surface area contributed by atoms with E-state index in [0.717, 1.165) is 12.8 Å². The summed E-state index contributed by atoms with van der Waals surface area (Å²) in [5.41, 5.74) is 0.114. The zero-order chi connectivity index (χ0) is 13.3. The molecule has 0 saturated heterocycles. The molecule has 0 radical (unpaired) electrons. The van der Waals surface area contributed by atoms with Gasteiger partial charge < -0.3 is 5.32 Å². The molecular weight excluding hydrogens is 254 g/mol. The van der Waals surface area contributed by atoms with Crippen LogP contribution in [0.2, 0.25) is 5.02 Å². The highest BCUT2D eigenvalue weighted by Crippen LogP contribution is 2.39. The van der Waals surface area contributed by atoms with E-state index in [1.807, 2.05) is 0 Å². The first kappa shape index (κ1) is 13.1. The lowest BCUT2D eigenvalue weighted by Crippen LogP contribution is -2.31. The fourth-order valence-electron chi connectivity index (χ4n) is 2.39. The molecule has 1 aromatic rings. The van der Waals surface area contributed by atoms with E-state index >= 15 is 0 Å². The van der Waals surface area contributed by atoms with Gasteiger partial charge in [0.2, 0.25) is 0 Å². The quantitative estimate of drug-likeness (QED) is 0.672. The first-order valence-corrected chi connectivity index (χ1v) is 6.34. The third-order valence-corrected chi connectivity index (χ3v) is 3.89. The molecule has 2 rings (SSSR count). The van der Waals surface area contributed by atoms with Gasteiger partial charge >= 0.3 is 0 Å². The van der Waals surface area contributed by atoms with Gasteiger partial charge in [-0.2, -0.15) is 0 Å². The molecule has 1 aromatic heterocycles. The van der Waals surface area contributed by atoms with Crippen LogP contribution in [0.15, 0.2) is 12.3 Å². The molecule has 0 aliphatic heterocycles. The van der Waals surface area contributed by atoms with Crippen molar-refractivity contribution in [2.24, 2.45) is 5.41 Å². The van der Waals surface area contributed by atoms with Gasteiger partial charge in [0.15, 0.2) is 0 Å². The largest absolute Gasteiger partial charge is 0.366 e. The van der Waals surface area contributed by atoms with E-state index in [9.17, 15) is 10.1 Å². The minimum absolute atomic E-state index is 0.0868. The molecule has 98 valence electrons. The second kappa shape index (κ2) is 4.72. The monoisotopic (exact) mass is 269 g/mol. The van der Waals surface area contributed by atoms with E-state index in [4.69, 9.17) is 11.6 Å². The molecule has 1 fully saturated rings. The first-order chi connectivity index (χ1) is 8.40. The summed E-state index contributed by atoms with van der Waals surface area (Å²) in [7, 11) is 0. The number of nitrogens with zero attached hydrogens (tertiary/aromatic N) is 2. The SMILES string of the molecule is CC1(C)CCCC1Nc1ncc([N+](=O)[O-])cc1Cl. The molecule has 18 heavy (non-hydrogen) atoms. The zero-order valence-corrected chi connectivity index (χ0v) is 11.2. The van der Waals surface area contributed by atoms with E-state index in [-0.39, 0.29) is 11.1 Å². The van der Waals surface area contributed by atoms with Gasteiger partial charge in [0.1, 0.15) is 12.0 Å². The van der Waals surface area contributed by atoms with Gasteiger partial charge in [-0.05, 0) is 18.3 Å². The van der Waals surface area contributed by atoms with Crippen LogP contribution in [-0.4, -0.2) is 15.9 Å². The number of nitro groups is 1. The second-order valence-corrected chi connectivity index (χ2v) is 5.77. The molecular formula is C12H16ClN3O2. The molecule has 1 aliphatic carbocycles. The lowest BCUT2D eigenvalue weighted by molar-refractivity contribution is -0.385. The average molecular weight is 270 g/mol. The van der Waals surface area contributed by atoms with Crippen LogP contribution in [-0.2, 0) is 0 Å². The van der Waals surface area contributed by atoms with E-state index < -0.39 is 4.92 Å². The third-order valence-electron chi connectivity index (χ3n) is 3.61. The van der Waals surface area contributed by atoms with E-state index in [2.05, 4.69) is 24.1 Å². The van der Waals surface area contributed by atoms with Crippen LogP contribution in [0.5, 0.6) is 0 Å². The Bertz CT molecular complexity index is 476. The van der Waals surface area contributed by atoms with Crippen molar-refractivity contribution < 1.29 is 4.92 Å². The van der Waals surface area contributed by atoms with Gasteiger partial charge in [-0.25, -0.2) is 4.98 Å². The molecule has 1 unspecified atom stereocenters. The fourth-order valence-corrected chi connectivity index (χ4v) is 2.61. The minimum atomic E-state index is -0.498. The summed E-state index contributed by atoms with van der Waals surface area (Å²) in [4.78, 5) is 14.1. The van der Waals surface area contributed by atoms with Gasteiger partial charge in [-0.3, -0.25) is 10.1 Å². The van der Waals surface area contributed by atoms with Crippen molar-refractivity contribution in [2.45, 2.75) is 39.2 Å².